The lowest BCUT2D eigenvalue weighted by Crippen LogP contribution is -2.34. The summed E-state index contributed by atoms with van der Waals surface area (Å²) >= 11 is 0. The van der Waals surface area contributed by atoms with Gasteiger partial charge in [-0.3, -0.25) is 9.79 Å². The minimum Gasteiger partial charge on any atom is -0.475 e. The fraction of sp³-hybridized carbons (Fsp3) is 0.379. The summed E-state index contributed by atoms with van der Waals surface area (Å²) in [4.78, 5) is 31.0. The smallest absolute Gasteiger partial charge is 0.475 e. The van der Waals surface area contributed by atoms with Crippen molar-refractivity contribution in [2.24, 2.45) is 4.99 Å². The molecule has 5 rings (SSSR count). The van der Waals surface area contributed by atoms with Crippen LogP contribution in [0.1, 0.15) is 45.9 Å². The quantitative estimate of drug-likeness (QED) is 0.299. The Labute approximate surface area is 264 Å². The molecule has 254 valence electrons. The standard InChI is InChI=1S/C27H28F3N5O4S.C2HF3O2/c1-34(15-12-18-6-8-19(9-7-18)25-31-13-14-32-25)26(36)22-17-39-24(33-22)16-35(20-10-11-20)40(37,38)23-5-3-2-4-21(23)27(28,29)30;3-2(4,5)1(6)7/h2-9,17,20H,10-16H2,1H3,(H,31,32);(H,6,7). The molecule has 0 atom stereocenters. The molecule has 1 aromatic heterocycles. The van der Waals surface area contributed by atoms with E-state index in [2.05, 4.69) is 15.3 Å². The van der Waals surface area contributed by atoms with E-state index in [9.17, 15) is 39.6 Å². The fourth-order valence-corrected chi connectivity index (χ4v) is 6.30. The summed E-state index contributed by atoms with van der Waals surface area (Å²) in [5.41, 5.74) is 0.795. The Morgan fingerprint density at radius 2 is 1.68 bits per heavy atom. The molecule has 1 aliphatic heterocycles. The van der Waals surface area contributed by atoms with Crippen LogP contribution in [0.3, 0.4) is 0 Å². The molecule has 1 fully saturated rings. The maximum Gasteiger partial charge on any atom is 0.490 e. The van der Waals surface area contributed by atoms with Gasteiger partial charge in [0.1, 0.15) is 12.1 Å². The highest BCUT2D eigenvalue weighted by molar-refractivity contribution is 7.89. The van der Waals surface area contributed by atoms with Crippen LogP contribution in [0.5, 0.6) is 0 Å². The van der Waals surface area contributed by atoms with Crippen molar-refractivity contribution in [2.45, 2.75) is 49.1 Å². The number of rotatable bonds is 10. The van der Waals surface area contributed by atoms with E-state index in [1.54, 1.807) is 7.05 Å². The molecule has 2 N–H and O–H groups in total. The Kier molecular flexibility index (Phi) is 10.6. The maximum absolute atomic E-state index is 13.5. The number of aromatic nitrogens is 1. The second-order valence-corrected chi connectivity index (χ2v) is 12.4. The third-order valence-corrected chi connectivity index (χ3v) is 8.98. The number of nitrogens with one attached hydrogen (secondary N) is 1. The maximum atomic E-state index is 13.5. The summed E-state index contributed by atoms with van der Waals surface area (Å²) in [6.45, 7) is 1.60. The van der Waals surface area contributed by atoms with Gasteiger partial charge in [-0.25, -0.2) is 18.2 Å². The number of likely N-dealkylation sites (N-methyl/N-ethyl adjacent to an activating group) is 1. The van der Waals surface area contributed by atoms with E-state index in [0.29, 0.717) is 25.8 Å². The molecule has 3 aromatic rings. The molecular weight excluding hydrogens is 660 g/mol. The predicted octanol–water partition coefficient (Wildman–Crippen LogP) is 4.34. The minimum absolute atomic E-state index is 0.0120. The van der Waals surface area contributed by atoms with Crippen molar-refractivity contribution in [3.63, 3.8) is 0 Å². The fourth-order valence-electron chi connectivity index (χ4n) is 4.45. The van der Waals surface area contributed by atoms with Crippen molar-refractivity contribution < 1.29 is 53.9 Å². The number of alkyl halides is 6. The largest absolute Gasteiger partial charge is 0.490 e. The second-order valence-electron chi connectivity index (χ2n) is 10.5. The van der Waals surface area contributed by atoms with Crippen molar-refractivity contribution in [2.75, 3.05) is 26.7 Å². The number of nitrogens with zero attached hydrogens (tertiary/aromatic N) is 4. The monoisotopic (exact) mass is 689 g/mol. The molecule has 1 amide bonds. The topological polar surface area (TPSA) is 145 Å². The lowest BCUT2D eigenvalue weighted by Gasteiger charge is -2.22. The van der Waals surface area contributed by atoms with Crippen LogP contribution in [0, 0.1) is 0 Å². The van der Waals surface area contributed by atoms with Gasteiger partial charge in [-0.15, -0.1) is 0 Å². The van der Waals surface area contributed by atoms with Gasteiger partial charge in [0.25, 0.3) is 5.91 Å². The number of carbonyl (C=O) groups excluding carboxylic acids is 1. The molecule has 2 heterocycles. The summed E-state index contributed by atoms with van der Waals surface area (Å²) < 4.78 is 105. The number of carboxylic acid groups (broad SMARTS) is 1. The van der Waals surface area contributed by atoms with Crippen molar-refractivity contribution >= 4 is 27.7 Å². The van der Waals surface area contributed by atoms with Gasteiger partial charge in [0, 0.05) is 31.7 Å². The highest BCUT2D eigenvalue weighted by atomic mass is 32.2. The van der Waals surface area contributed by atoms with Crippen LogP contribution in [0.2, 0.25) is 0 Å². The zero-order valence-electron chi connectivity index (χ0n) is 24.7. The summed E-state index contributed by atoms with van der Waals surface area (Å²) in [7, 11) is -2.90. The Morgan fingerprint density at radius 3 is 2.23 bits per heavy atom. The van der Waals surface area contributed by atoms with E-state index in [1.807, 2.05) is 24.3 Å². The molecule has 0 saturated heterocycles. The van der Waals surface area contributed by atoms with Gasteiger partial charge in [0.2, 0.25) is 15.9 Å². The number of hydrogen-bond donors (Lipinski definition) is 2. The van der Waals surface area contributed by atoms with Crippen LogP contribution in [0.4, 0.5) is 26.3 Å². The number of hydrogen-bond acceptors (Lipinski definition) is 8. The SMILES string of the molecule is CN(CCc1ccc(C2=NCCN2)cc1)C(=O)c1coc(CN(C2CC2)S(=O)(=O)c2ccccc2C(F)(F)F)n1.O=C(O)C(F)(F)F. The lowest BCUT2D eigenvalue weighted by molar-refractivity contribution is -0.192. The van der Waals surface area contributed by atoms with Crippen LogP contribution >= 0.6 is 0 Å². The molecule has 0 unspecified atom stereocenters. The number of halogens is 6. The van der Waals surface area contributed by atoms with E-state index < -0.39 is 50.8 Å². The number of sulfonamides is 1. The number of benzene rings is 2. The van der Waals surface area contributed by atoms with Crippen LogP contribution in [-0.2, 0) is 34.0 Å². The Morgan fingerprint density at radius 1 is 1.04 bits per heavy atom. The number of oxazole rings is 1. The summed E-state index contributed by atoms with van der Waals surface area (Å²) in [5.74, 6) is -2.37. The predicted molar refractivity (Wildman–Crippen MR) is 154 cm³/mol. The first kappa shape index (κ1) is 35.4. The number of aliphatic carboxylic acids is 1. The molecule has 47 heavy (non-hydrogen) atoms. The van der Waals surface area contributed by atoms with Gasteiger partial charge >= 0.3 is 18.3 Å². The average molecular weight is 690 g/mol. The van der Waals surface area contributed by atoms with E-state index >= 15 is 0 Å². The molecule has 0 bridgehead atoms. The third-order valence-electron chi connectivity index (χ3n) is 7.02. The van der Waals surface area contributed by atoms with Crippen molar-refractivity contribution in [1.29, 1.82) is 0 Å². The molecule has 18 heteroatoms. The van der Waals surface area contributed by atoms with Crippen molar-refractivity contribution in [1.82, 2.24) is 19.5 Å². The van der Waals surface area contributed by atoms with Crippen molar-refractivity contribution in [3.05, 3.63) is 83.1 Å². The van der Waals surface area contributed by atoms with Gasteiger partial charge in [-0.1, -0.05) is 36.4 Å². The van der Waals surface area contributed by atoms with E-state index in [4.69, 9.17) is 14.3 Å². The first-order chi connectivity index (χ1) is 22.0. The summed E-state index contributed by atoms with van der Waals surface area (Å²) in [6, 6.07) is 11.5. The number of amidine groups is 1. The Hall–Kier alpha value is -4.45. The van der Waals surface area contributed by atoms with Gasteiger partial charge < -0.3 is 19.7 Å². The number of carbonyl (C=O) groups is 2. The first-order valence-corrected chi connectivity index (χ1v) is 15.5. The number of aliphatic imine (C=N–C) groups is 1. The van der Waals surface area contributed by atoms with E-state index in [0.717, 1.165) is 58.8 Å². The molecule has 0 radical (unpaired) electrons. The van der Waals surface area contributed by atoms with Crippen LogP contribution in [0.25, 0.3) is 0 Å². The average Bonchev–Trinajstić information content (AvgIpc) is 3.48. The van der Waals surface area contributed by atoms with Crippen LogP contribution < -0.4 is 5.32 Å². The molecular formula is C29H29F6N5O6S. The molecule has 11 nitrogen and oxygen atoms in total. The summed E-state index contributed by atoms with van der Waals surface area (Å²) in [6.07, 6.45) is -7.17. The summed E-state index contributed by atoms with van der Waals surface area (Å²) in [5, 5.41) is 10.3. The first-order valence-electron chi connectivity index (χ1n) is 14.0. The molecule has 1 aliphatic carbocycles. The van der Waals surface area contributed by atoms with Gasteiger partial charge in [-0.2, -0.15) is 30.6 Å². The molecule has 2 aromatic carbocycles. The number of amides is 1. The van der Waals surface area contributed by atoms with Gasteiger partial charge in [0.05, 0.1) is 23.5 Å². The Balaban J connectivity index is 0.000000644. The highest BCUT2D eigenvalue weighted by Gasteiger charge is 2.44. The molecule has 0 spiro atoms. The number of carboxylic acids is 1. The van der Waals surface area contributed by atoms with E-state index in [-0.39, 0.29) is 18.1 Å². The normalized spacial score (nSPS) is 15.0. The van der Waals surface area contributed by atoms with Gasteiger partial charge in [-0.05, 0) is 37.0 Å². The highest BCUT2D eigenvalue weighted by Crippen LogP contribution is 2.39. The van der Waals surface area contributed by atoms with Crippen LogP contribution in [0.15, 0.2) is 69.1 Å². The van der Waals surface area contributed by atoms with E-state index in [1.165, 1.54) is 11.0 Å². The third kappa shape index (κ3) is 9.09. The zero-order valence-corrected chi connectivity index (χ0v) is 25.5. The molecule has 1 saturated carbocycles. The minimum atomic E-state index is -5.08. The second kappa shape index (κ2) is 14.1. The van der Waals surface area contributed by atoms with Crippen molar-refractivity contribution in [3.8, 4) is 0 Å². The lowest BCUT2D eigenvalue weighted by atomic mass is 10.1. The molecule has 2 aliphatic rings. The zero-order chi connectivity index (χ0) is 34.6. The van der Waals surface area contributed by atoms with Crippen LogP contribution in [-0.4, -0.2) is 84.3 Å². The Bertz CT molecular complexity index is 1720. The van der Waals surface area contributed by atoms with Gasteiger partial charge in [0.15, 0.2) is 5.69 Å².